The number of carbonyl (C=O) groups is 1. The van der Waals surface area contributed by atoms with Crippen molar-refractivity contribution in [3.63, 3.8) is 0 Å². The van der Waals surface area contributed by atoms with E-state index in [9.17, 15) is 21.6 Å². The van der Waals surface area contributed by atoms with Gasteiger partial charge in [0.1, 0.15) is 11.9 Å². The Morgan fingerprint density at radius 2 is 1.97 bits per heavy atom. The van der Waals surface area contributed by atoms with Crippen molar-refractivity contribution in [3.05, 3.63) is 29.8 Å². The number of benzene rings is 1. The van der Waals surface area contributed by atoms with Gasteiger partial charge in [0.2, 0.25) is 20.3 Å². The minimum Gasteiger partial charge on any atom is -0.299 e. The third kappa shape index (κ3) is 5.31. The predicted octanol–water partition coefficient (Wildman–Crippen LogP) is 1.15. The largest absolute Gasteiger partial charge is 0.299 e. The molecule has 3 N–H and O–H groups in total. The molecule has 0 saturated carbocycles. The molecular weight excluding hydrogens is 452 g/mol. The zero-order valence-electron chi connectivity index (χ0n) is 16.1. The summed E-state index contributed by atoms with van der Waals surface area (Å²) in [5.41, 5.74) is 0.405. The van der Waals surface area contributed by atoms with Crippen LogP contribution in [0.3, 0.4) is 0 Å². The van der Waals surface area contributed by atoms with Gasteiger partial charge < -0.3 is 0 Å². The monoisotopic (exact) mass is 472 g/mol. The zero-order valence-corrected chi connectivity index (χ0v) is 18.6. The molecule has 1 aliphatic rings. The first-order chi connectivity index (χ1) is 14.1. The molecule has 0 radical (unpaired) electrons. The molecule has 1 atom stereocenters. The molecule has 0 saturated heterocycles. The maximum Gasteiger partial charge on any atom is 0.263 e. The van der Waals surface area contributed by atoms with Gasteiger partial charge in [0, 0.05) is 5.56 Å². The van der Waals surface area contributed by atoms with Gasteiger partial charge in [0.15, 0.2) is 0 Å². The number of nitrogens with one attached hydrogen (secondary N) is 3. The molecule has 0 aliphatic carbocycles. The topological polar surface area (TPSA) is 160 Å². The fraction of sp³-hybridized carbons (Fsp3) is 0.375. The first-order valence-electron chi connectivity index (χ1n) is 8.91. The molecule has 1 amide bonds. The molecule has 11 nitrogen and oxygen atoms in total. The number of nitrogens with zero attached hydrogens (tertiary/aromatic N) is 3. The van der Waals surface area contributed by atoms with Gasteiger partial charge in [-0.3, -0.25) is 24.5 Å². The molecule has 3 rings (SSSR count). The highest BCUT2D eigenvalue weighted by atomic mass is 32.2. The number of unbranched alkanes of at least 4 members (excludes halogenated alkanes) is 1. The molecule has 1 aromatic heterocycles. The van der Waals surface area contributed by atoms with E-state index in [-0.39, 0.29) is 21.0 Å². The van der Waals surface area contributed by atoms with Crippen LogP contribution in [0, 0.1) is 0 Å². The molecule has 30 heavy (non-hydrogen) atoms. The van der Waals surface area contributed by atoms with Crippen LogP contribution in [0.25, 0.3) is 0 Å². The number of rotatable bonds is 8. The van der Waals surface area contributed by atoms with E-state index in [0.29, 0.717) is 18.4 Å². The maximum absolute atomic E-state index is 12.8. The molecule has 2 aromatic rings. The van der Waals surface area contributed by atoms with Crippen molar-refractivity contribution in [2.24, 2.45) is 4.99 Å². The first-order valence-corrected chi connectivity index (χ1v) is 13.1. The molecule has 0 spiro atoms. The van der Waals surface area contributed by atoms with E-state index in [1.54, 1.807) is 18.2 Å². The Kier molecular flexibility index (Phi) is 6.38. The van der Waals surface area contributed by atoms with Crippen LogP contribution in [0.1, 0.15) is 31.7 Å². The lowest BCUT2D eigenvalue weighted by Crippen LogP contribution is -2.30. The smallest absolute Gasteiger partial charge is 0.263 e. The van der Waals surface area contributed by atoms with Gasteiger partial charge in [0.25, 0.3) is 15.9 Å². The van der Waals surface area contributed by atoms with Crippen molar-refractivity contribution in [2.45, 2.75) is 37.1 Å². The lowest BCUT2D eigenvalue weighted by atomic mass is 10.1. The average molecular weight is 473 g/mol. The maximum atomic E-state index is 12.8. The molecule has 14 heteroatoms. The fourth-order valence-electron chi connectivity index (χ4n) is 2.70. The number of amidine groups is 1. The highest BCUT2D eigenvalue weighted by Crippen LogP contribution is 2.24. The van der Waals surface area contributed by atoms with E-state index in [0.717, 1.165) is 24.0 Å². The van der Waals surface area contributed by atoms with Crippen molar-refractivity contribution in [1.29, 1.82) is 0 Å². The van der Waals surface area contributed by atoms with Crippen LogP contribution in [-0.2, 0) is 24.8 Å². The summed E-state index contributed by atoms with van der Waals surface area (Å²) in [4.78, 5) is 17.3. The van der Waals surface area contributed by atoms with Crippen molar-refractivity contribution in [2.75, 3.05) is 16.3 Å². The minimum atomic E-state index is -3.72. The second kappa shape index (κ2) is 8.65. The third-order valence-electron chi connectivity index (χ3n) is 4.01. The molecule has 0 fully saturated rings. The van der Waals surface area contributed by atoms with Gasteiger partial charge in [-0.25, -0.2) is 16.8 Å². The molecule has 1 aliphatic heterocycles. The zero-order chi connectivity index (χ0) is 21.9. The number of aliphatic imine (C=N–C) groups is 1. The number of amides is 1. The average Bonchev–Trinajstić information content (AvgIpc) is 3.19. The number of sulfonamides is 2. The fourth-order valence-corrected chi connectivity index (χ4v) is 5.42. The molecule has 0 bridgehead atoms. The van der Waals surface area contributed by atoms with Gasteiger partial charge in [-0.1, -0.05) is 43.2 Å². The van der Waals surface area contributed by atoms with E-state index in [2.05, 4.69) is 30.0 Å². The summed E-state index contributed by atoms with van der Waals surface area (Å²) in [6.45, 7) is 1.96. The SMILES string of the molecule is CCCCC(N=C1NS(=O)(=O)c2ccccc21)C(=O)Nc1nnc(NS(C)(=O)=O)s1. The third-order valence-corrected chi connectivity index (χ3v) is 6.85. The van der Waals surface area contributed by atoms with Gasteiger partial charge in [-0.15, -0.1) is 10.2 Å². The van der Waals surface area contributed by atoms with Gasteiger partial charge in [0.05, 0.1) is 11.2 Å². The Balaban J connectivity index is 1.83. The summed E-state index contributed by atoms with van der Waals surface area (Å²) in [6.07, 6.45) is 2.88. The molecule has 162 valence electrons. The summed E-state index contributed by atoms with van der Waals surface area (Å²) in [5, 5.41) is 10.1. The van der Waals surface area contributed by atoms with Crippen molar-refractivity contribution >= 4 is 53.4 Å². The summed E-state index contributed by atoms with van der Waals surface area (Å²) >= 11 is 0.856. The standard InChI is InChI=1S/C16H20N6O5S3/c1-3-4-8-11(14(23)18-15-19-20-16(28-15)22-29(2,24)25)17-13-10-7-5-6-9-12(10)30(26,27)21-13/h5-7,9,11H,3-4,8H2,1-2H3,(H,17,21)(H,20,22)(H,18,19,23). The second-order valence-electron chi connectivity index (χ2n) is 6.51. The highest BCUT2D eigenvalue weighted by molar-refractivity contribution is 7.92. The van der Waals surface area contributed by atoms with Crippen LogP contribution in [-0.4, -0.2) is 51.1 Å². The van der Waals surface area contributed by atoms with Crippen LogP contribution in [0.5, 0.6) is 0 Å². The number of carbonyl (C=O) groups excluding carboxylic acids is 1. The van der Waals surface area contributed by atoms with Gasteiger partial charge in [-0.05, 0) is 18.6 Å². The number of anilines is 2. The van der Waals surface area contributed by atoms with E-state index in [4.69, 9.17) is 0 Å². The normalized spacial score (nSPS) is 17.2. The molecule has 1 unspecified atom stereocenters. The molecule has 1 aromatic carbocycles. The Morgan fingerprint density at radius 3 is 2.67 bits per heavy atom. The van der Waals surface area contributed by atoms with Crippen molar-refractivity contribution in [1.82, 2.24) is 14.9 Å². The minimum absolute atomic E-state index is 0.0155. The van der Waals surface area contributed by atoms with Crippen LogP contribution in [0.2, 0.25) is 0 Å². The number of hydrogen-bond acceptors (Lipinski definition) is 9. The van der Waals surface area contributed by atoms with Crippen molar-refractivity contribution in [3.8, 4) is 0 Å². The van der Waals surface area contributed by atoms with Gasteiger partial charge in [-0.2, -0.15) is 0 Å². The lowest BCUT2D eigenvalue weighted by Gasteiger charge is -2.12. The summed E-state index contributed by atoms with van der Waals surface area (Å²) < 4.78 is 51.7. The van der Waals surface area contributed by atoms with Crippen molar-refractivity contribution < 1.29 is 21.6 Å². The predicted molar refractivity (Wildman–Crippen MR) is 114 cm³/mol. The first kappa shape index (κ1) is 22.1. The molecular formula is C16H20N6O5S3. The number of fused-ring (bicyclic) bond motifs is 1. The molecule has 2 heterocycles. The second-order valence-corrected chi connectivity index (χ2v) is 10.9. The summed E-state index contributed by atoms with van der Waals surface area (Å²) in [5.74, 6) is -0.389. The van der Waals surface area contributed by atoms with Crippen LogP contribution < -0.4 is 14.8 Å². The summed E-state index contributed by atoms with van der Waals surface area (Å²) in [6, 6.07) is 5.52. The number of hydrogen-bond donors (Lipinski definition) is 3. The number of aromatic nitrogens is 2. The van der Waals surface area contributed by atoms with Crippen LogP contribution in [0.15, 0.2) is 34.2 Å². The Bertz CT molecular complexity index is 1190. The quantitative estimate of drug-likeness (QED) is 0.519. The van der Waals surface area contributed by atoms with E-state index >= 15 is 0 Å². The van der Waals surface area contributed by atoms with Gasteiger partial charge >= 0.3 is 0 Å². The lowest BCUT2D eigenvalue weighted by molar-refractivity contribution is -0.117. The Hall–Kier alpha value is -2.58. The van der Waals surface area contributed by atoms with E-state index < -0.39 is 32.0 Å². The van der Waals surface area contributed by atoms with Crippen LogP contribution in [0.4, 0.5) is 10.3 Å². The highest BCUT2D eigenvalue weighted by Gasteiger charge is 2.32. The van der Waals surface area contributed by atoms with E-state index in [1.807, 2.05) is 6.92 Å². The Morgan fingerprint density at radius 1 is 1.27 bits per heavy atom. The van der Waals surface area contributed by atoms with Crippen LogP contribution >= 0.6 is 11.3 Å². The van der Waals surface area contributed by atoms with E-state index in [1.165, 1.54) is 6.07 Å². The Labute approximate surface area is 178 Å². The summed E-state index contributed by atoms with van der Waals surface area (Å²) in [7, 11) is -7.24.